The molecule has 1 aromatic heterocycles. The van der Waals surface area contributed by atoms with E-state index >= 15 is 0 Å². The van der Waals surface area contributed by atoms with Gasteiger partial charge in [-0.3, -0.25) is 9.59 Å². The smallest absolute Gasteiger partial charge is 0.185 e. The molecule has 0 unspecified atom stereocenters. The Labute approximate surface area is 108 Å². The van der Waals surface area contributed by atoms with E-state index in [2.05, 4.69) is 0 Å². The average molecular weight is 255 g/mol. The number of nitriles is 1. The van der Waals surface area contributed by atoms with Gasteiger partial charge in [-0.05, 0) is 31.2 Å². The molecule has 0 aliphatic carbocycles. The van der Waals surface area contributed by atoms with Crippen LogP contribution in [0, 0.1) is 11.3 Å². The van der Waals surface area contributed by atoms with Crippen LogP contribution in [0.1, 0.15) is 33.4 Å². The van der Waals surface area contributed by atoms with Crippen molar-refractivity contribution < 1.29 is 19.1 Å². The van der Waals surface area contributed by atoms with Crippen molar-refractivity contribution in [2.45, 2.75) is 6.92 Å². The van der Waals surface area contributed by atoms with E-state index in [1.807, 2.05) is 6.07 Å². The Morgan fingerprint density at radius 2 is 2.16 bits per heavy atom. The Morgan fingerprint density at radius 1 is 1.42 bits per heavy atom. The molecule has 0 radical (unpaired) electrons. The highest BCUT2D eigenvalue weighted by molar-refractivity contribution is 5.98. The molecule has 0 atom stereocenters. The van der Waals surface area contributed by atoms with Gasteiger partial charge in [0, 0.05) is 5.56 Å². The van der Waals surface area contributed by atoms with Crippen molar-refractivity contribution in [1.29, 1.82) is 5.26 Å². The summed E-state index contributed by atoms with van der Waals surface area (Å²) in [6, 6.07) is 7.49. The number of rotatable bonds is 3. The second-order valence-electron chi connectivity index (χ2n) is 3.90. The van der Waals surface area contributed by atoms with Crippen LogP contribution in [0.3, 0.4) is 0 Å². The van der Waals surface area contributed by atoms with Crippen LogP contribution >= 0.6 is 0 Å². The van der Waals surface area contributed by atoms with Crippen LogP contribution in [0.5, 0.6) is 5.75 Å². The number of aromatic hydroxyl groups is 1. The van der Waals surface area contributed by atoms with Crippen LogP contribution in [0.2, 0.25) is 0 Å². The molecule has 1 aromatic carbocycles. The SMILES string of the molecule is CC(=O)c1cc(C#N)c(-c2ccc(C=O)o2)cc1O. The first kappa shape index (κ1) is 12.6. The second-order valence-corrected chi connectivity index (χ2v) is 3.90. The number of hydrogen-bond donors (Lipinski definition) is 1. The third kappa shape index (κ3) is 2.24. The number of furan rings is 1. The van der Waals surface area contributed by atoms with Crippen LogP contribution in [0.15, 0.2) is 28.7 Å². The lowest BCUT2D eigenvalue weighted by molar-refractivity contribution is 0.101. The summed E-state index contributed by atoms with van der Waals surface area (Å²) in [5.41, 5.74) is 0.593. The number of aldehydes is 1. The molecule has 5 nitrogen and oxygen atoms in total. The molecule has 0 aliphatic rings. The highest BCUT2D eigenvalue weighted by Gasteiger charge is 2.16. The van der Waals surface area contributed by atoms with Crippen molar-refractivity contribution in [3.05, 3.63) is 41.2 Å². The van der Waals surface area contributed by atoms with Gasteiger partial charge in [0.15, 0.2) is 17.8 Å². The first-order chi connectivity index (χ1) is 9.06. The number of carbonyl (C=O) groups is 2. The van der Waals surface area contributed by atoms with E-state index in [1.165, 1.54) is 31.2 Å². The molecule has 0 saturated carbocycles. The fourth-order valence-corrected chi connectivity index (χ4v) is 1.73. The molecule has 5 heteroatoms. The molecule has 94 valence electrons. The van der Waals surface area contributed by atoms with E-state index in [0.29, 0.717) is 11.8 Å². The van der Waals surface area contributed by atoms with Crippen LogP contribution in [-0.4, -0.2) is 17.2 Å². The highest BCUT2D eigenvalue weighted by Crippen LogP contribution is 2.31. The predicted octanol–water partition coefficient (Wildman–Crippen LogP) is 2.54. The fourth-order valence-electron chi connectivity index (χ4n) is 1.73. The Kier molecular flexibility index (Phi) is 3.17. The van der Waals surface area contributed by atoms with Crippen molar-refractivity contribution >= 4 is 12.1 Å². The lowest BCUT2D eigenvalue weighted by Crippen LogP contribution is -1.95. The monoisotopic (exact) mass is 255 g/mol. The number of benzene rings is 1. The molecule has 2 aromatic rings. The zero-order valence-electron chi connectivity index (χ0n) is 10.0. The minimum absolute atomic E-state index is 0.0717. The van der Waals surface area contributed by atoms with Gasteiger partial charge in [0.05, 0.1) is 17.2 Å². The topological polar surface area (TPSA) is 91.3 Å². The minimum atomic E-state index is -0.339. The van der Waals surface area contributed by atoms with E-state index in [4.69, 9.17) is 9.68 Å². The number of hydrogen-bond acceptors (Lipinski definition) is 5. The van der Waals surface area contributed by atoms with Crippen molar-refractivity contribution in [3.63, 3.8) is 0 Å². The number of Topliss-reactive ketones (excluding diaryl/α,β-unsaturated/α-hetero) is 1. The normalized spacial score (nSPS) is 9.89. The third-order valence-electron chi connectivity index (χ3n) is 2.64. The Bertz CT molecular complexity index is 707. The first-order valence-corrected chi connectivity index (χ1v) is 5.40. The maximum Gasteiger partial charge on any atom is 0.185 e. The fraction of sp³-hybridized carbons (Fsp3) is 0.0714. The zero-order chi connectivity index (χ0) is 14.0. The lowest BCUT2D eigenvalue weighted by Gasteiger charge is -2.05. The van der Waals surface area contributed by atoms with E-state index < -0.39 is 0 Å². The van der Waals surface area contributed by atoms with Crippen LogP contribution in [-0.2, 0) is 0 Å². The van der Waals surface area contributed by atoms with Gasteiger partial charge in [0.1, 0.15) is 11.5 Å². The molecule has 0 fully saturated rings. The summed E-state index contributed by atoms with van der Waals surface area (Å²) in [5, 5.41) is 18.9. The molecule has 2 rings (SSSR count). The van der Waals surface area contributed by atoms with Gasteiger partial charge in [-0.25, -0.2) is 0 Å². The second kappa shape index (κ2) is 4.78. The minimum Gasteiger partial charge on any atom is -0.507 e. The molecule has 19 heavy (non-hydrogen) atoms. The Balaban J connectivity index is 2.64. The van der Waals surface area contributed by atoms with Crippen LogP contribution in [0.4, 0.5) is 0 Å². The van der Waals surface area contributed by atoms with Gasteiger partial charge in [0.25, 0.3) is 0 Å². The van der Waals surface area contributed by atoms with Gasteiger partial charge >= 0.3 is 0 Å². The Morgan fingerprint density at radius 3 is 2.68 bits per heavy atom. The Hall–Kier alpha value is -2.87. The average Bonchev–Trinajstić information content (AvgIpc) is 2.86. The third-order valence-corrected chi connectivity index (χ3v) is 2.64. The molecule has 0 spiro atoms. The van der Waals surface area contributed by atoms with E-state index in [0.717, 1.165) is 0 Å². The van der Waals surface area contributed by atoms with Crippen molar-refractivity contribution in [2.75, 3.05) is 0 Å². The summed E-state index contributed by atoms with van der Waals surface area (Å²) < 4.78 is 5.20. The van der Waals surface area contributed by atoms with Gasteiger partial charge in [-0.15, -0.1) is 0 Å². The summed E-state index contributed by atoms with van der Waals surface area (Å²) in [5.74, 6) is -0.169. The van der Waals surface area contributed by atoms with Crippen molar-refractivity contribution in [1.82, 2.24) is 0 Å². The zero-order valence-corrected chi connectivity index (χ0v) is 10.0. The molecule has 0 saturated heterocycles. The van der Waals surface area contributed by atoms with E-state index in [-0.39, 0.29) is 34.2 Å². The molecular formula is C14H9NO4. The molecule has 1 N–H and O–H groups in total. The summed E-state index contributed by atoms with van der Waals surface area (Å²) in [4.78, 5) is 21.9. The number of carbonyl (C=O) groups excluding carboxylic acids is 2. The van der Waals surface area contributed by atoms with Gasteiger partial charge in [0.2, 0.25) is 0 Å². The predicted molar refractivity (Wildman–Crippen MR) is 65.9 cm³/mol. The number of ketones is 1. The summed E-state index contributed by atoms with van der Waals surface area (Å²) >= 11 is 0. The van der Waals surface area contributed by atoms with Gasteiger partial charge < -0.3 is 9.52 Å². The van der Waals surface area contributed by atoms with Crippen LogP contribution < -0.4 is 0 Å². The van der Waals surface area contributed by atoms with Crippen LogP contribution in [0.25, 0.3) is 11.3 Å². The largest absolute Gasteiger partial charge is 0.507 e. The molecule has 1 heterocycles. The first-order valence-electron chi connectivity index (χ1n) is 5.40. The van der Waals surface area contributed by atoms with E-state index in [1.54, 1.807) is 0 Å². The quantitative estimate of drug-likeness (QED) is 0.672. The maximum absolute atomic E-state index is 11.3. The maximum atomic E-state index is 11.3. The summed E-state index contributed by atoms with van der Waals surface area (Å²) in [6.45, 7) is 1.30. The van der Waals surface area contributed by atoms with Gasteiger partial charge in [-0.1, -0.05) is 0 Å². The molecular weight excluding hydrogens is 246 g/mol. The lowest BCUT2D eigenvalue weighted by atomic mass is 10.00. The molecule has 0 amide bonds. The van der Waals surface area contributed by atoms with Gasteiger partial charge in [-0.2, -0.15) is 5.26 Å². The number of phenolic OH excluding ortho intramolecular Hbond substituents is 1. The standard InChI is InChI=1S/C14H9NO4/c1-8(17)11-4-9(6-15)12(5-13(11)18)14-3-2-10(7-16)19-14/h2-5,7,18H,1H3. The van der Waals surface area contributed by atoms with Crippen molar-refractivity contribution in [2.24, 2.45) is 0 Å². The molecule has 0 aliphatic heterocycles. The highest BCUT2D eigenvalue weighted by atomic mass is 16.3. The number of phenols is 1. The molecule has 0 bridgehead atoms. The summed E-state index contributed by atoms with van der Waals surface area (Å²) in [6.07, 6.45) is 0.541. The van der Waals surface area contributed by atoms with Crippen molar-refractivity contribution in [3.8, 4) is 23.1 Å². The summed E-state index contributed by atoms with van der Waals surface area (Å²) in [7, 11) is 0. The van der Waals surface area contributed by atoms with E-state index in [9.17, 15) is 14.7 Å². The number of nitrogens with zero attached hydrogens (tertiary/aromatic N) is 1.